The van der Waals surface area contributed by atoms with Crippen molar-refractivity contribution in [1.29, 1.82) is 0 Å². The molecule has 15 heavy (non-hydrogen) atoms. The van der Waals surface area contributed by atoms with Crippen LogP contribution in [0.1, 0.15) is 31.9 Å². The molecule has 1 aromatic carbocycles. The van der Waals surface area contributed by atoms with Gasteiger partial charge >= 0.3 is 0 Å². The van der Waals surface area contributed by atoms with Crippen molar-refractivity contribution in [1.82, 2.24) is 0 Å². The number of aldehydes is 1. The molecule has 0 saturated carbocycles. The first-order valence-electron chi connectivity index (χ1n) is 5.39. The molecule has 1 N–H and O–H groups in total. The van der Waals surface area contributed by atoms with Crippen LogP contribution < -0.4 is 5.32 Å². The third kappa shape index (κ3) is 1.54. The summed E-state index contributed by atoms with van der Waals surface area (Å²) in [7, 11) is 0. The highest BCUT2D eigenvalue weighted by Crippen LogP contribution is 2.40. The lowest BCUT2D eigenvalue weighted by Crippen LogP contribution is -2.29. The molecule has 2 heteroatoms. The molecular formula is C13H17NO. The summed E-state index contributed by atoms with van der Waals surface area (Å²) in [6.07, 6.45) is 1.47. The SMILES string of the molecule is CC1Nc2ccc(CC=O)cc2C1(C)C. The Morgan fingerprint density at radius 2 is 2.20 bits per heavy atom. The van der Waals surface area contributed by atoms with E-state index < -0.39 is 0 Å². The van der Waals surface area contributed by atoms with E-state index in [9.17, 15) is 4.79 Å². The second-order valence-corrected chi connectivity index (χ2v) is 4.84. The zero-order chi connectivity index (χ0) is 11.1. The van der Waals surface area contributed by atoms with Crippen LogP contribution >= 0.6 is 0 Å². The molecule has 0 aliphatic carbocycles. The quantitative estimate of drug-likeness (QED) is 0.748. The van der Waals surface area contributed by atoms with Crippen LogP contribution in [-0.2, 0) is 16.6 Å². The Morgan fingerprint density at radius 1 is 1.47 bits per heavy atom. The fourth-order valence-electron chi connectivity index (χ4n) is 2.12. The van der Waals surface area contributed by atoms with E-state index in [1.807, 2.05) is 6.07 Å². The number of benzene rings is 1. The van der Waals surface area contributed by atoms with Gasteiger partial charge in [0.15, 0.2) is 0 Å². The van der Waals surface area contributed by atoms with Crippen LogP contribution in [0, 0.1) is 0 Å². The van der Waals surface area contributed by atoms with Gasteiger partial charge in [0.2, 0.25) is 0 Å². The van der Waals surface area contributed by atoms with E-state index in [1.54, 1.807) is 0 Å². The van der Waals surface area contributed by atoms with Gasteiger partial charge in [-0.25, -0.2) is 0 Å². The topological polar surface area (TPSA) is 29.1 Å². The van der Waals surface area contributed by atoms with E-state index in [1.165, 1.54) is 11.3 Å². The van der Waals surface area contributed by atoms with Crippen molar-refractivity contribution in [3.8, 4) is 0 Å². The molecule has 1 aliphatic rings. The molecule has 0 radical (unpaired) electrons. The van der Waals surface area contributed by atoms with Gasteiger partial charge in [-0.1, -0.05) is 26.0 Å². The first kappa shape index (κ1) is 10.2. The molecule has 2 nitrogen and oxygen atoms in total. The third-order valence-electron chi connectivity index (χ3n) is 3.55. The molecule has 1 aliphatic heterocycles. The molecule has 1 heterocycles. The van der Waals surface area contributed by atoms with E-state index in [2.05, 4.69) is 38.2 Å². The predicted molar refractivity (Wildman–Crippen MR) is 62.3 cm³/mol. The van der Waals surface area contributed by atoms with Gasteiger partial charge in [-0.3, -0.25) is 0 Å². The number of carbonyl (C=O) groups is 1. The fraction of sp³-hybridized carbons (Fsp3) is 0.462. The van der Waals surface area contributed by atoms with E-state index in [0.717, 1.165) is 11.8 Å². The molecule has 1 atom stereocenters. The lowest BCUT2D eigenvalue weighted by Gasteiger charge is -2.24. The maximum Gasteiger partial charge on any atom is 0.124 e. The molecule has 80 valence electrons. The average molecular weight is 203 g/mol. The first-order valence-corrected chi connectivity index (χ1v) is 5.39. The van der Waals surface area contributed by atoms with Gasteiger partial charge in [-0.15, -0.1) is 0 Å². The normalized spacial score (nSPS) is 21.9. The largest absolute Gasteiger partial charge is 0.381 e. The van der Waals surface area contributed by atoms with Crippen molar-refractivity contribution < 1.29 is 4.79 Å². The molecule has 0 spiro atoms. The Morgan fingerprint density at radius 3 is 2.87 bits per heavy atom. The van der Waals surface area contributed by atoms with Crippen molar-refractivity contribution in [3.05, 3.63) is 29.3 Å². The van der Waals surface area contributed by atoms with Crippen LogP contribution in [0.5, 0.6) is 0 Å². The molecule has 1 unspecified atom stereocenters. The summed E-state index contributed by atoms with van der Waals surface area (Å²) in [5.41, 5.74) is 3.79. The maximum atomic E-state index is 10.5. The Balaban J connectivity index is 2.45. The monoisotopic (exact) mass is 203 g/mol. The van der Waals surface area contributed by atoms with Gasteiger partial charge in [0, 0.05) is 23.6 Å². The summed E-state index contributed by atoms with van der Waals surface area (Å²) in [4.78, 5) is 10.5. The summed E-state index contributed by atoms with van der Waals surface area (Å²) in [5.74, 6) is 0. The fourth-order valence-corrected chi connectivity index (χ4v) is 2.12. The van der Waals surface area contributed by atoms with Crippen LogP contribution in [0.2, 0.25) is 0 Å². The lowest BCUT2D eigenvalue weighted by atomic mass is 9.81. The van der Waals surface area contributed by atoms with Crippen LogP contribution in [-0.4, -0.2) is 12.3 Å². The minimum atomic E-state index is 0.147. The molecule has 1 aromatic rings. The Hall–Kier alpha value is -1.31. The molecular weight excluding hydrogens is 186 g/mol. The van der Waals surface area contributed by atoms with Gasteiger partial charge in [0.05, 0.1) is 0 Å². The third-order valence-corrected chi connectivity index (χ3v) is 3.55. The molecule has 0 aromatic heterocycles. The Kier molecular flexibility index (Phi) is 2.29. The summed E-state index contributed by atoms with van der Waals surface area (Å²) in [5, 5.41) is 3.47. The van der Waals surface area contributed by atoms with E-state index in [4.69, 9.17) is 0 Å². The van der Waals surface area contributed by atoms with Crippen LogP contribution in [0.3, 0.4) is 0 Å². The summed E-state index contributed by atoms with van der Waals surface area (Å²) in [6, 6.07) is 6.70. The van der Waals surface area contributed by atoms with Crippen LogP contribution in [0.15, 0.2) is 18.2 Å². The lowest BCUT2D eigenvalue weighted by molar-refractivity contribution is -0.107. The van der Waals surface area contributed by atoms with E-state index in [0.29, 0.717) is 12.5 Å². The number of rotatable bonds is 2. The molecule has 2 rings (SSSR count). The van der Waals surface area contributed by atoms with E-state index >= 15 is 0 Å². The zero-order valence-electron chi connectivity index (χ0n) is 9.50. The number of hydrogen-bond acceptors (Lipinski definition) is 2. The number of nitrogens with one attached hydrogen (secondary N) is 1. The second-order valence-electron chi connectivity index (χ2n) is 4.84. The Labute approximate surface area is 90.7 Å². The smallest absolute Gasteiger partial charge is 0.124 e. The van der Waals surface area contributed by atoms with Crippen molar-refractivity contribution in [2.45, 2.75) is 38.6 Å². The Bertz CT molecular complexity index is 396. The highest BCUT2D eigenvalue weighted by atomic mass is 16.1. The van der Waals surface area contributed by atoms with Gasteiger partial charge in [0.25, 0.3) is 0 Å². The first-order chi connectivity index (χ1) is 7.05. The predicted octanol–water partition coefficient (Wildman–Crippen LogP) is 2.52. The second kappa shape index (κ2) is 3.37. The summed E-state index contributed by atoms with van der Waals surface area (Å²) < 4.78 is 0. The minimum Gasteiger partial charge on any atom is -0.381 e. The number of hydrogen-bond donors (Lipinski definition) is 1. The highest BCUT2D eigenvalue weighted by Gasteiger charge is 2.36. The molecule has 0 amide bonds. The standard InChI is InChI=1S/C13H17NO/c1-9-13(2,3)11-8-10(6-7-15)4-5-12(11)14-9/h4-5,7-9,14H,6H2,1-3H3. The maximum absolute atomic E-state index is 10.5. The van der Waals surface area contributed by atoms with Crippen LogP contribution in [0.4, 0.5) is 5.69 Å². The van der Waals surface area contributed by atoms with Crippen molar-refractivity contribution in [3.63, 3.8) is 0 Å². The minimum absolute atomic E-state index is 0.147. The van der Waals surface area contributed by atoms with Gasteiger partial charge in [0.1, 0.15) is 6.29 Å². The molecule has 0 bridgehead atoms. The zero-order valence-corrected chi connectivity index (χ0v) is 9.50. The van der Waals surface area contributed by atoms with E-state index in [-0.39, 0.29) is 5.41 Å². The van der Waals surface area contributed by atoms with Crippen LogP contribution in [0.25, 0.3) is 0 Å². The van der Waals surface area contributed by atoms with Crippen molar-refractivity contribution >= 4 is 12.0 Å². The average Bonchev–Trinajstić information content (AvgIpc) is 2.40. The van der Waals surface area contributed by atoms with Crippen molar-refractivity contribution in [2.75, 3.05) is 5.32 Å². The number of fused-ring (bicyclic) bond motifs is 1. The highest BCUT2D eigenvalue weighted by molar-refractivity contribution is 5.64. The van der Waals surface area contributed by atoms with Gasteiger partial charge < -0.3 is 10.1 Å². The molecule has 0 fully saturated rings. The van der Waals surface area contributed by atoms with Gasteiger partial charge in [-0.2, -0.15) is 0 Å². The van der Waals surface area contributed by atoms with Crippen molar-refractivity contribution in [2.24, 2.45) is 0 Å². The summed E-state index contributed by atoms with van der Waals surface area (Å²) >= 11 is 0. The number of anilines is 1. The molecule has 0 saturated heterocycles. The number of carbonyl (C=O) groups excluding carboxylic acids is 1. The van der Waals surface area contributed by atoms with Gasteiger partial charge in [-0.05, 0) is 24.1 Å². The summed E-state index contributed by atoms with van der Waals surface area (Å²) in [6.45, 7) is 6.67.